The third-order valence-electron chi connectivity index (χ3n) is 3.68. The Morgan fingerprint density at radius 1 is 1.12 bits per heavy atom. The van der Waals surface area contributed by atoms with Gasteiger partial charge in [0, 0.05) is 5.56 Å². The molecule has 0 radical (unpaired) electrons. The monoisotopic (exact) mass is 343 g/mol. The van der Waals surface area contributed by atoms with Gasteiger partial charge >= 0.3 is 0 Å². The highest BCUT2D eigenvalue weighted by atomic mass is 32.2. The van der Waals surface area contributed by atoms with E-state index in [1.54, 1.807) is 30.3 Å². The van der Waals surface area contributed by atoms with Crippen molar-refractivity contribution in [1.82, 2.24) is 0 Å². The average Bonchev–Trinajstić information content (AvgIpc) is 2.60. The van der Waals surface area contributed by atoms with Crippen molar-refractivity contribution in [2.75, 3.05) is 0 Å². The summed E-state index contributed by atoms with van der Waals surface area (Å²) in [5, 5.41) is 18.7. The fourth-order valence-electron chi connectivity index (χ4n) is 2.22. The molecule has 0 saturated heterocycles. The molecule has 5 nitrogen and oxygen atoms in total. The van der Waals surface area contributed by atoms with Gasteiger partial charge in [-0.1, -0.05) is 30.3 Å². The van der Waals surface area contributed by atoms with Gasteiger partial charge in [0.25, 0.3) is 0 Å². The number of hydrogen-bond acceptors (Lipinski definition) is 5. The summed E-state index contributed by atoms with van der Waals surface area (Å²) in [5.74, 6) is -0.591. The van der Waals surface area contributed by atoms with Crippen molar-refractivity contribution in [3.63, 3.8) is 0 Å². The Balaban J connectivity index is 2.44. The SMILES string of the molecule is CC(C)S(=O)(=O)c1ccc(C(=O)C(O)c2ccccc2)cc1C#N. The number of aliphatic hydroxyl groups is 1. The lowest BCUT2D eigenvalue weighted by Crippen LogP contribution is -2.17. The largest absolute Gasteiger partial charge is 0.380 e. The summed E-state index contributed by atoms with van der Waals surface area (Å²) in [6.07, 6.45) is -1.37. The molecule has 0 bridgehead atoms. The minimum absolute atomic E-state index is 0.0885. The molecule has 124 valence electrons. The number of carbonyl (C=O) groups excluding carboxylic acids is 1. The van der Waals surface area contributed by atoms with Gasteiger partial charge in [0.1, 0.15) is 12.2 Å². The van der Waals surface area contributed by atoms with Crippen LogP contribution in [0.15, 0.2) is 53.4 Å². The van der Waals surface area contributed by atoms with Crippen LogP contribution in [0.2, 0.25) is 0 Å². The van der Waals surface area contributed by atoms with Crippen LogP contribution in [0, 0.1) is 11.3 Å². The molecule has 0 heterocycles. The van der Waals surface area contributed by atoms with Gasteiger partial charge in [-0.15, -0.1) is 0 Å². The molecule has 0 amide bonds. The molecule has 2 rings (SSSR count). The van der Waals surface area contributed by atoms with Crippen LogP contribution in [0.1, 0.15) is 41.4 Å². The van der Waals surface area contributed by atoms with E-state index >= 15 is 0 Å². The van der Waals surface area contributed by atoms with Gasteiger partial charge in [0.2, 0.25) is 0 Å². The minimum Gasteiger partial charge on any atom is -0.380 e. The van der Waals surface area contributed by atoms with Crippen molar-refractivity contribution in [1.29, 1.82) is 5.26 Å². The highest BCUT2D eigenvalue weighted by Crippen LogP contribution is 2.24. The maximum absolute atomic E-state index is 12.4. The Hall–Kier alpha value is -2.49. The van der Waals surface area contributed by atoms with E-state index in [1.165, 1.54) is 32.0 Å². The number of ketones is 1. The predicted molar refractivity (Wildman–Crippen MR) is 89.2 cm³/mol. The van der Waals surface area contributed by atoms with Crippen LogP contribution < -0.4 is 0 Å². The number of rotatable bonds is 5. The Morgan fingerprint density at radius 3 is 2.29 bits per heavy atom. The molecule has 0 aromatic heterocycles. The van der Waals surface area contributed by atoms with Crippen molar-refractivity contribution in [3.05, 3.63) is 65.2 Å². The van der Waals surface area contributed by atoms with E-state index in [1.807, 2.05) is 6.07 Å². The number of hydrogen-bond donors (Lipinski definition) is 1. The van der Waals surface area contributed by atoms with Crippen molar-refractivity contribution in [2.45, 2.75) is 30.1 Å². The number of sulfone groups is 1. The van der Waals surface area contributed by atoms with E-state index in [0.717, 1.165) is 0 Å². The molecule has 0 aliphatic rings. The van der Waals surface area contributed by atoms with Crippen molar-refractivity contribution in [3.8, 4) is 6.07 Å². The summed E-state index contributed by atoms with van der Waals surface area (Å²) in [5.41, 5.74) is 0.417. The van der Waals surface area contributed by atoms with E-state index in [9.17, 15) is 23.6 Å². The number of nitrogens with zero attached hydrogens (tertiary/aromatic N) is 1. The van der Waals surface area contributed by atoms with Gasteiger partial charge in [-0.05, 0) is 37.6 Å². The summed E-state index contributed by atoms with van der Waals surface area (Å²) < 4.78 is 24.5. The molecule has 1 atom stereocenters. The van der Waals surface area contributed by atoms with Crippen LogP contribution in [0.3, 0.4) is 0 Å². The zero-order valence-electron chi connectivity index (χ0n) is 13.3. The molecule has 0 aliphatic carbocycles. The van der Waals surface area contributed by atoms with E-state index in [0.29, 0.717) is 5.56 Å². The molecule has 0 aliphatic heterocycles. The molecular weight excluding hydrogens is 326 g/mol. The molecule has 0 fully saturated rings. The van der Waals surface area contributed by atoms with E-state index in [2.05, 4.69) is 0 Å². The topological polar surface area (TPSA) is 95.2 Å². The number of aliphatic hydroxyl groups excluding tert-OH is 1. The van der Waals surface area contributed by atoms with E-state index in [-0.39, 0.29) is 16.0 Å². The van der Waals surface area contributed by atoms with Crippen LogP contribution in [0.4, 0.5) is 0 Å². The highest BCUT2D eigenvalue weighted by Gasteiger charge is 2.25. The zero-order valence-corrected chi connectivity index (χ0v) is 14.1. The first-order chi connectivity index (χ1) is 11.3. The Morgan fingerprint density at radius 2 is 1.75 bits per heavy atom. The number of nitriles is 1. The summed E-state index contributed by atoms with van der Waals surface area (Å²) in [7, 11) is -3.63. The predicted octanol–water partition coefficient (Wildman–Crippen LogP) is 2.66. The maximum Gasteiger partial charge on any atom is 0.195 e. The van der Waals surface area contributed by atoms with Gasteiger partial charge < -0.3 is 5.11 Å². The maximum atomic E-state index is 12.4. The quantitative estimate of drug-likeness (QED) is 0.842. The average molecular weight is 343 g/mol. The lowest BCUT2D eigenvalue weighted by atomic mass is 9.99. The van der Waals surface area contributed by atoms with Crippen molar-refractivity contribution < 1.29 is 18.3 Å². The zero-order chi connectivity index (χ0) is 17.9. The molecular formula is C18H17NO4S. The van der Waals surface area contributed by atoms with Gasteiger partial charge in [-0.2, -0.15) is 5.26 Å². The first-order valence-corrected chi connectivity index (χ1v) is 8.89. The molecule has 24 heavy (non-hydrogen) atoms. The third-order valence-corrected chi connectivity index (χ3v) is 5.89. The second-order valence-corrected chi connectivity index (χ2v) is 8.07. The van der Waals surface area contributed by atoms with Crippen molar-refractivity contribution in [2.24, 2.45) is 0 Å². The van der Waals surface area contributed by atoms with Gasteiger partial charge in [0.15, 0.2) is 15.6 Å². The first kappa shape index (κ1) is 17.9. The molecule has 0 spiro atoms. The fraction of sp³-hybridized carbons (Fsp3) is 0.222. The molecule has 2 aromatic rings. The van der Waals surface area contributed by atoms with Crippen LogP contribution >= 0.6 is 0 Å². The molecule has 2 aromatic carbocycles. The smallest absolute Gasteiger partial charge is 0.195 e. The standard InChI is InChI=1S/C18H17NO4S/c1-12(2)24(22,23)16-9-8-14(10-15(16)11-19)18(21)17(20)13-6-4-3-5-7-13/h3-10,12,17,20H,1-2H3. The van der Waals surface area contributed by atoms with Crippen LogP contribution in [-0.2, 0) is 9.84 Å². The molecule has 1 unspecified atom stereocenters. The first-order valence-electron chi connectivity index (χ1n) is 7.34. The van der Waals surface area contributed by atoms with Gasteiger partial charge in [0.05, 0.1) is 15.7 Å². The Labute approximate surface area is 141 Å². The minimum atomic E-state index is -3.63. The Kier molecular flexibility index (Phi) is 5.17. The molecule has 6 heteroatoms. The fourth-order valence-corrected chi connectivity index (χ4v) is 3.39. The lowest BCUT2D eigenvalue weighted by Gasteiger charge is -2.13. The highest BCUT2D eigenvalue weighted by molar-refractivity contribution is 7.92. The third kappa shape index (κ3) is 3.37. The summed E-state index contributed by atoms with van der Waals surface area (Å²) in [6, 6.07) is 14.0. The number of benzene rings is 2. The van der Waals surface area contributed by atoms with E-state index in [4.69, 9.17) is 0 Å². The van der Waals surface area contributed by atoms with E-state index < -0.39 is 27.0 Å². The summed E-state index contributed by atoms with van der Waals surface area (Å²) in [6.45, 7) is 3.05. The molecule has 0 saturated carbocycles. The second-order valence-electron chi connectivity index (χ2n) is 5.59. The van der Waals surface area contributed by atoms with Crippen LogP contribution in [0.5, 0.6) is 0 Å². The second kappa shape index (κ2) is 6.95. The number of carbonyl (C=O) groups is 1. The summed E-state index contributed by atoms with van der Waals surface area (Å²) >= 11 is 0. The summed E-state index contributed by atoms with van der Waals surface area (Å²) in [4.78, 5) is 12.3. The number of Topliss-reactive ketones (excluding diaryl/α,β-unsaturated/α-hetero) is 1. The van der Waals surface area contributed by atoms with Crippen molar-refractivity contribution >= 4 is 15.6 Å². The van der Waals surface area contributed by atoms with Crippen LogP contribution in [0.25, 0.3) is 0 Å². The lowest BCUT2D eigenvalue weighted by molar-refractivity contribution is 0.0747. The molecule has 1 N–H and O–H groups in total. The van der Waals surface area contributed by atoms with Crippen LogP contribution in [-0.4, -0.2) is 24.6 Å². The van der Waals surface area contributed by atoms with Gasteiger partial charge in [-0.25, -0.2) is 8.42 Å². The van der Waals surface area contributed by atoms with Gasteiger partial charge in [-0.3, -0.25) is 4.79 Å². The Bertz CT molecular complexity index is 896. The normalized spacial score (nSPS) is 12.6.